The molecule has 1 aromatic carbocycles. The fourth-order valence-electron chi connectivity index (χ4n) is 3.00. The first-order valence-electron chi connectivity index (χ1n) is 8.37. The standard InChI is InChI=1S/C20H23BrN2O3/c1-6-10-23-14(5)17(13(4)18(23)20(25)26-7-2)19(24)22-16-9-8-15(21)11-12(16)3/h6,8-9,11H,1,7,10H2,2-5H3,(H,22,24). The third kappa shape index (κ3) is 3.90. The molecule has 0 aliphatic heterocycles. The van der Waals surface area contributed by atoms with Gasteiger partial charge < -0.3 is 14.6 Å². The van der Waals surface area contributed by atoms with Crippen LogP contribution in [0.3, 0.4) is 0 Å². The molecule has 0 radical (unpaired) electrons. The molecule has 1 aromatic heterocycles. The van der Waals surface area contributed by atoms with Crippen molar-refractivity contribution in [3.05, 3.63) is 63.4 Å². The number of benzene rings is 1. The normalized spacial score (nSPS) is 10.5. The van der Waals surface area contributed by atoms with Gasteiger partial charge in [-0.1, -0.05) is 22.0 Å². The zero-order valence-electron chi connectivity index (χ0n) is 15.5. The van der Waals surface area contributed by atoms with E-state index in [1.54, 1.807) is 24.5 Å². The van der Waals surface area contributed by atoms with E-state index in [1.807, 2.05) is 32.0 Å². The van der Waals surface area contributed by atoms with Crippen LogP contribution in [-0.4, -0.2) is 23.1 Å². The first kappa shape index (κ1) is 20.0. The van der Waals surface area contributed by atoms with Crippen molar-refractivity contribution >= 4 is 33.5 Å². The molecular weight excluding hydrogens is 396 g/mol. The predicted molar refractivity (Wildman–Crippen MR) is 107 cm³/mol. The molecule has 1 heterocycles. The van der Waals surface area contributed by atoms with Gasteiger partial charge in [0.1, 0.15) is 5.69 Å². The molecule has 0 atom stereocenters. The first-order valence-corrected chi connectivity index (χ1v) is 9.16. The summed E-state index contributed by atoms with van der Waals surface area (Å²) in [5.74, 6) is -0.687. The SMILES string of the molecule is C=CCn1c(C)c(C(=O)Nc2ccc(Br)cc2C)c(C)c1C(=O)OCC. The molecule has 0 bridgehead atoms. The van der Waals surface area contributed by atoms with Crippen LogP contribution in [0.4, 0.5) is 5.69 Å². The molecule has 1 amide bonds. The number of aromatic nitrogens is 1. The summed E-state index contributed by atoms with van der Waals surface area (Å²) in [6.45, 7) is 11.7. The summed E-state index contributed by atoms with van der Waals surface area (Å²) in [6.07, 6.45) is 1.69. The number of nitrogens with zero attached hydrogens (tertiary/aromatic N) is 1. The minimum Gasteiger partial charge on any atom is -0.461 e. The molecule has 0 spiro atoms. The highest BCUT2D eigenvalue weighted by Crippen LogP contribution is 2.26. The lowest BCUT2D eigenvalue weighted by Crippen LogP contribution is -2.15. The maximum Gasteiger partial charge on any atom is 0.355 e. The van der Waals surface area contributed by atoms with Crippen LogP contribution in [0.25, 0.3) is 0 Å². The van der Waals surface area contributed by atoms with Crippen molar-refractivity contribution in [2.45, 2.75) is 34.2 Å². The second-order valence-electron chi connectivity index (χ2n) is 5.97. The minimum atomic E-state index is -0.436. The lowest BCUT2D eigenvalue weighted by atomic mass is 10.1. The first-order chi connectivity index (χ1) is 12.3. The molecule has 0 unspecified atom stereocenters. The van der Waals surface area contributed by atoms with E-state index >= 15 is 0 Å². The Balaban J connectivity index is 2.48. The van der Waals surface area contributed by atoms with Crippen LogP contribution in [-0.2, 0) is 11.3 Å². The topological polar surface area (TPSA) is 60.3 Å². The van der Waals surface area contributed by atoms with E-state index in [0.29, 0.717) is 29.1 Å². The van der Waals surface area contributed by atoms with Gasteiger partial charge in [0.15, 0.2) is 0 Å². The van der Waals surface area contributed by atoms with Gasteiger partial charge in [-0.3, -0.25) is 4.79 Å². The molecule has 6 heteroatoms. The highest BCUT2D eigenvalue weighted by atomic mass is 79.9. The number of aryl methyl sites for hydroxylation is 1. The van der Waals surface area contributed by atoms with Crippen molar-refractivity contribution in [3.63, 3.8) is 0 Å². The number of allylic oxidation sites excluding steroid dienone is 1. The second-order valence-corrected chi connectivity index (χ2v) is 6.88. The van der Waals surface area contributed by atoms with Crippen LogP contribution >= 0.6 is 15.9 Å². The van der Waals surface area contributed by atoms with Gasteiger partial charge >= 0.3 is 5.97 Å². The number of rotatable bonds is 6. The Morgan fingerprint density at radius 2 is 2.00 bits per heavy atom. The maximum absolute atomic E-state index is 12.9. The lowest BCUT2D eigenvalue weighted by Gasteiger charge is -2.10. The number of nitrogens with one attached hydrogen (secondary N) is 1. The average molecular weight is 419 g/mol. The molecule has 5 nitrogen and oxygen atoms in total. The van der Waals surface area contributed by atoms with Crippen LogP contribution in [0.2, 0.25) is 0 Å². The highest BCUT2D eigenvalue weighted by Gasteiger charge is 2.27. The van der Waals surface area contributed by atoms with E-state index in [1.165, 1.54) is 0 Å². The maximum atomic E-state index is 12.9. The number of hydrogen-bond donors (Lipinski definition) is 1. The minimum absolute atomic E-state index is 0.251. The van der Waals surface area contributed by atoms with Gasteiger partial charge in [0.2, 0.25) is 0 Å². The zero-order chi connectivity index (χ0) is 19.4. The predicted octanol–water partition coefficient (Wildman–Crippen LogP) is 4.79. The molecule has 1 N–H and O–H groups in total. The Kier molecular flexibility index (Phi) is 6.42. The van der Waals surface area contributed by atoms with Gasteiger partial charge in [-0.15, -0.1) is 6.58 Å². The van der Waals surface area contributed by atoms with Crippen LogP contribution < -0.4 is 5.32 Å². The van der Waals surface area contributed by atoms with E-state index in [-0.39, 0.29) is 12.5 Å². The van der Waals surface area contributed by atoms with Crippen molar-refractivity contribution < 1.29 is 14.3 Å². The van der Waals surface area contributed by atoms with Gasteiger partial charge in [0, 0.05) is 22.4 Å². The molecule has 2 rings (SSSR count). The van der Waals surface area contributed by atoms with E-state index in [4.69, 9.17) is 4.74 Å². The fourth-order valence-corrected chi connectivity index (χ4v) is 3.48. The number of anilines is 1. The quantitative estimate of drug-likeness (QED) is 0.541. The number of amides is 1. The van der Waals surface area contributed by atoms with Gasteiger partial charge in [0.25, 0.3) is 5.91 Å². The molecule has 2 aromatic rings. The Hall–Kier alpha value is -2.34. The molecular formula is C20H23BrN2O3. The third-order valence-corrected chi connectivity index (χ3v) is 4.70. The third-order valence-electron chi connectivity index (χ3n) is 4.21. The van der Waals surface area contributed by atoms with Gasteiger partial charge in [0.05, 0.1) is 12.2 Å². The van der Waals surface area contributed by atoms with E-state index in [0.717, 1.165) is 15.7 Å². The smallest absolute Gasteiger partial charge is 0.355 e. The van der Waals surface area contributed by atoms with Crippen molar-refractivity contribution in [2.24, 2.45) is 0 Å². The lowest BCUT2D eigenvalue weighted by molar-refractivity contribution is 0.0513. The zero-order valence-corrected chi connectivity index (χ0v) is 17.1. The van der Waals surface area contributed by atoms with Gasteiger partial charge in [-0.2, -0.15) is 0 Å². The molecule has 0 aliphatic carbocycles. The van der Waals surface area contributed by atoms with Crippen molar-refractivity contribution in [3.8, 4) is 0 Å². The van der Waals surface area contributed by atoms with E-state index < -0.39 is 5.97 Å². The van der Waals surface area contributed by atoms with Gasteiger partial charge in [-0.25, -0.2) is 4.79 Å². The number of halogens is 1. The Labute approximate surface area is 162 Å². The fraction of sp³-hybridized carbons (Fsp3) is 0.300. The molecule has 0 aliphatic rings. The number of carbonyl (C=O) groups is 2. The second kappa shape index (κ2) is 8.36. The summed E-state index contributed by atoms with van der Waals surface area (Å²) < 4.78 is 7.88. The van der Waals surface area contributed by atoms with Crippen molar-refractivity contribution in [1.82, 2.24) is 4.57 Å². The van der Waals surface area contributed by atoms with Crippen LogP contribution in [0, 0.1) is 20.8 Å². The summed E-state index contributed by atoms with van der Waals surface area (Å²) >= 11 is 3.41. The monoisotopic (exact) mass is 418 g/mol. The summed E-state index contributed by atoms with van der Waals surface area (Å²) in [6, 6.07) is 5.65. The molecule has 0 saturated carbocycles. The summed E-state index contributed by atoms with van der Waals surface area (Å²) in [4.78, 5) is 25.3. The number of esters is 1. The average Bonchev–Trinajstić information content (AvgIpc) is 2.81. The highest BCUT2D eigenvalue weighted by molar-refractivity contribution is 9.10. The molecule has 0 saturated heterocycles. The Morgan fingerprint density at radius 3 is 2.58 bits per heavy atom. The Bertz CT molecular complexity index is 868. The van der Waals surface area contributed by atoms with E-state index in [2.05, 4.69) is 27.8 Å². The number of carbonyl (C=O) groups excluding carboxylic acids is 2. The summed E-state index contributed by atoms with van der Waals surface area (Å²) in [7, 11) is 0. The van der Waals surface area contributed by atoms with E-state index in [9.17, 15) is 9.59 Å². The van der Waals surface area contributed by atoms with Gasteiger partial charge in [-0.05, 0) is 57.0 Å². The van der Waals surface area contributed by atoms with Crippen LogP contribution in [0.1, 0.15) is 44.6 Å². The number of ether oxygens (including phenoxy) is 1. The van der Waals surface area contributed by atoms with Crippen molar-refractivity contribution in [1.29, 1.82) is 0 Å². The largest absolute Gasteiger partial charge is 0.461 e. The molecule has 138 valence electrons. The Morgan fingerprint density at radius 1 is 1.31 bits per heavy atom. The van der Waals surface area contributed by atoms with Crippen LogP contribution in [0.5, 0.6) is 0 Å². The summed E-state index contributed by atoms with van der Waals surface area (Å²) in [5, 5.41) is 2.94. The van der Waals surface area contributed by atoms with Crippen molar-refractivity contribution in [2.75, 3.05) is 11.9 Å². The van der Waals surface area contributed by atoms with Crippen LogP contribution in [0.15, 0.2) is 35.3 Å². The number of hydrogen-bond acceptors (Lipinski definition) is 3. The molecule has 0 fully saturated rings. The molecule has 26 heavy (non-hydrogen) atoms. The summed E-state index contributed by atoms with van der Waals surface area (Å²) in [5.41, 5.74) is 3.86.